The average Bonchev–Trinajstić information content (AvgIpc) is 3.03. The Bertz CT molecular complexity index is 551. The fourth-order valence-electron chi connectivity index (χ4n) is 1.89. The van der Waals surface area contributed by atoms with Crippen molar-refractivity contribution in [2.24, 2.45) is 5.92 Å². The summed E-state index contributed by atoms with van der Waals surface area (Å²) < 4.78 is 2.84. The predicted molar refractivity (Wildman–Crippen MR) is 78.4 cm³/mol. The number of hydrogen-bond donors (Lipinski definition) is 2. The third-order valence-corrected chi connectivity index (χ3v) is 4.45. The Morgan fingerprint density at radius 3 is 3.05 bits per heavy atom. The predicted octanol–water partition coefficient (Wildman–Crippen LogP) is 2.33. The molecule has 102 valence electrons. The molecule has 0 radical (unpaired) electrons. The van der Waals surface area contributed by atoms with Crippen molar-refractivity contribution in [2.45, 2.75) is 25.5 Å². The maximum Gasteiger partial charge on any atom is 0.183 e. The van der Waals surface area contributed by atoms with E-state index in [4.69, 9.17) is 0 Å². The highest BCUT2D eigenvalue weighted by Crippen LogP contribution is 2.32. The highest BCUT2D eigenvalue weighted by molar-refractivity contribution is 9.10. The lowest BCUT2D eigenvalue weighted by Gasteiger charge is -2.08. The zero-order valence-electron chi connectivity index (χ0n) is 10.3. The van der Waals surface area contributed by atoms with Gasteiger partial charge in [0.25, 0.3) is 0 Å². The van der Waals surface area contributed by atoms with Crippen molar-refractivity contribution in [2.75, 3.05) is 11.9 Å². The molecular formula is C12H15BrN4OS. The molecule has 19 heavy (non-hydrogen) atoms. The van der Waals surface area contributed by atoms with Crippen molar-refractivity contribution < 1.29 is 5.11 Å². The monoisotopic (exact) mass is 342 g/mol. The Balaban J connectivity index is 1.53. The van der Waals surface area contributed by atoms with Crippen LogP contribution in [0, 0.1) is 5.92 Å². The summed E-state index contributed by atoms with van der Waals surface area (Å²) in [6, 6.07) is 0. The van der Waals surface area contributed by atoms with Gasteiger partial charge in [-0.05, 0) is 34.7 Å². The summed E-state index contributed by atoms with van der Waals surface area (Å²) in [6.45, 7) is 1.31. The molecule has 0 bridgehead atoms. The summed E-state index contributed by atoms with van der Waals surface area (Å²) in [5.74, 6) is 0.494. The van der Waals surface area contributed by atoms with E-state index in [0.717, 1.165) is 33.9 Å². The Hall–Kier alpha value is -0.920. The minimum Gasteiger partial charge on any atom is -0.391 e. The lowest BCUT2D eigenvalue weighted by atomic mass is 10.2. The quantitative estimate of drug-likeness (QED) is 0.845. The van der Waals surface area contributed by atoms with Gasteiger partial charge in [-0.3, -0.25) is 4.68 Å². The maximum atomic E-state index is 9.79. The van der Waals surface area contributed by atoms with Crippen LogP contribution in [0.4, 0.5) is 5.13 Å². The maximum absolute atomic E-state index is 9.79. The normalized spacial score (nSPS) is 16.5. The van der Waals surface area contributed by atoms with Gasteiger partial charge in [0.2, 0.25) is 0 Å². The van der Waals surface area contributed by atoms with E-state index in [1.165, 1.54) is 0 Å². The van der Waals surface area contributed by atoms with Crippen molar-refractivity contribution >= 4 is 32.4 Å². The first-order chi connectivity index (χ1) is 9.20. The molecule has 3 rings (SSSR count). The van der Waals surface area contributed by atoms with Crippen LogP contribution in [0.3, 0.4) is 0 Å². The zero-order valence-corrected chi connectivity index (χ0v) is 12.7. The van der Waals surface area contributed by atoms with Crippen LogP contribution in [0.1, 0.15) is 17.7 Å². The lowest BCUT2D eigenvalue weighted by Crippen LogP contribution is -2.21. The number of aliphatic hydroxyl groups excluding tert-OH is 1. The van der Waals surface area contributed by atoms with Gasteiger partial charge < -0.3 is 10.4 Å². The Morgan fingerprint density at radius 2 is 2.37 bits per heavy atom. The summed E-state index contributed by atoms with van der Waals surface area (Å²) in [5, 5.41) is 18.1. The van der Waals surface area contributed by atoms with Crippen molar-refractivity contribution in [3.05, 3.63) is 27.9 Å². The topological polar surface area (TPSA) is 63.0 Å². The van der Waals surface area contributed by atoms with E-state index >= 15 is 0 Å². The van der Waals surface area contributed by atoms with Crippen molar-refractivity contribution in [1.29, 1.82) is 0 Å². The van der Waals surface area contributed by atoms with Crippen LogP contribution in [0.15, 0.2) is 23.1 Å². The number of aromatic nitrogens is 3. The second-order valence-corrected chi connectivity index (χ2v) is 6.80. The van der Waals surface area contributed by atoms with E-state index in [1.54, 1.807) is 17.5 Å². The summed E-state index contributed by atoms with van der Waals surface area (Å²) >= 11 is 4.98. The van der Waals surface area contributed by atoms with Crippen molar-refractivity contribution in [3.8, 4) is 0 Å². The molecule has 0 spiro atoms. The van der Waals surface area contributed by atoms with Crippen LogP contribution in [0.2, 0.25) is 0 Å². The van der Waals surface area contributed by atoms with Crippen LogP contribution in [-0.4, -0.2) is 32.5 Å². The number of aliphatic hydroxyl groups is 1. The van der Waals surface area contributed by atoms with Gasteiger partial charge >= 0.3 is 0 Å². The van der Waals surface area contributed by atoms with E-state index in [1.807, 2.05) is 17.1 Å². The van der Waals surface area contributed by atoms with Gasteiger partial charge in [0, 0.05) is 23.8 Å². The first-order valence-corrected chi connectivity index (χ1v) is 7.86. The molecule has 1 unspecified atom stereocenters. The molecule has 2 aromatic rings. The summed E-state index contributed by atoms with van der Waals surface area (Å²) in [4.78, 5) is 5.45. The van der Waals surface area contributed by atoms with E-state index < -0.39 is 0 Å². The largest absolute Gasteiger partial charge is 0.391 e. The Labute approximate surface area is 123 Å². The van der Waals surface area contributed by atoms with Gasteiger partial charge in [0.15, 0.2) is 5.13 Å². The van der Waals surface area contributed by atoms with Crippen LogP contribution in [0.5, 0.6) is 0 Å². The van der Waals surface area contributed by atoms with Gasteiger partial charge in [-0.25, -0.2) is 4.98 Å². The average molecular weight is 343 g/mol. The molecule has 5 nitrogen and oxygen atoms in total. The molecule has 1 aliphatic carbocycles. The van der Waals surface area contributed by atoms with E-state index in [9.17, 15) is 5.11 Å². The zero-order chi connectivity index (χ0) is 13.2. The second kappa shape index (κ2) is 5.60. The molecule has 7 heteroatoms. The molecule has 1 fully saturated rings. The summed E-state index contributed by atoms with van der Waals surface area (Å²) in [7, 11) is 0. The molecule has 2 N–H and O–H groups in total. The minimum atomic E-state index is -0.241. The Morgan fingerprint density at radius 1 is 1.53 bits per heavy atom. The molecule has 0 aromatic carbocycles. The van der Waals surface area contributed by atoms with E-state index in [2.05, 4.69) is 31.3 Å². The molecule has 2 heterocycles. The molecule has 0 saturated heterocycles. The SMILES string of the molecule is OC(CNc1ncc(Cn2cc(Br)cn2)s1)C1CC1. The number of nitrogens with zero attached hydrogens (tertiary/aromatic N) is 3. The first-order valence-electron chi connectivity index (χ1n) is 6.25. The van der Waals surface area contributed by atoms with Crippen LogP contribution in [0.25, 0.3) is 0 Å². The number of halogens is 1. The third kappa shape index (κ3) is 3.55. The summed E-state index contributed by atoms with van der Waals surface area (Å²) in [6.07, 6.45) is 7.62. The fraction of sp³-hybridized carbons (Fsp3) is 0.500. The third-order valence-electron chi connectivity index (χ3n) is 3.10. The highest BCUT2D eigenvalue weighted by Gasteiger charge is 2.29. The van der Waals surface area contributed by atoms with E-state index in [0.29, 0.717) is 12.5 Å². The molecule has 2 aromatic heterocycles. The molecular weight excluding hydrogens is 328 g/mol. The fourth-order valence-corrected chi connectivity index (χ4v) is 3.03. The van der Waals surface area contributed by atoms with Gasteiger partial charge in [-0.2, -0.15) is 5.10 Å². The minimum absolute atomic E-state index is 0.241. The smallest absolute Gasteiger partial charge is 0.183 e. The number of thiazole rings is 1. The van der Waals surface area contributed by atoms with Crippen LogP contribution in [-0.2, 0) is 6.54 Å². The second-order valence-electron chi connectivity index (χ2n) is 4.77. The summed E-state index contributed by atoms with van der Waals surface area (Å²) in [5.41, 5.74) is 0. The number of rotatable bonds is 6. The van der Waals surface area contributed by atoms with Crippen molar-refractivity contribution in [3.63, 3.8) is 0 Å². The standard InChI is InChI=1S/C12H15BrN4OS/c13-9-3-16-17(6-9)7-10-4-14-12(19-10)15-5-11(18)8-1-2-8/h3-4,6,8,11,18H,1-2,5,7H2,(H,14,15). The lowest BCUT2D eigenvalue weighted by molar-refractivity contribution is 0.164. The van der Waals surface area contributed by atoms with Crippen molar-refractivity contribution in [1.82, 2.24) is 14.8 Å². The van der Waals surface area contributed by atoms with Crippen LogP contribution < -0.4 is 5.32 Å². The van der Waals surface area contributed by atoms with Crippen LogP contribution >= 0.6 is 27.3 Å². The van der Waals surface area contributed by atoms with Gasteiger partial charge in [-0.1, -0.05) is 0 Å². The molecule has 0 amide bonds. The van der Waals surface area contributed by atoms with Gasteiger partial charge in [-0.15, -0.1) is 11.3 Å². The van der Waals surface area contributed by atoms with Gasteiger partial charge in [0.05, 0.1) is 23.3 Å². The molecule has 1 saturated carbocycles. The molecule has 1 atom stereocenters. The number of nitrogens with one attached hydrogen (secondary N) is 1. The highest BCUT2D eigenvalue weighted by atomic mass is 79.9. The first kappa shape index (κ1) is 13.1. The molecule has 0 aliphatic heterocycles. The molecule has 1 aliphatic rings. The van der Waals surface area contributed by atoms with Gasteiger partial charge in [0.1, 0.15) is 0 Å². The Kier molecular flexibility index (Phi) is 3.86. The van der Waals surface area contributed by atoms with E-state index in [-0.39, 0.29) is 6.10 Å². The number of hydrogen-bond acceptors (Lipinski definition) is 5. The number of anilines is 1.